The number of para-hydroxylation sites is 5. The van der Waals surface area contributed by atoms with Gasteiger partial charge in [0.2, 0.25) is 0 Å². The predicted molar refractivity (Wildman–Crippen MR) is 432 cm³/mol. The van der Waals surface area contributed by atoms with Crippen LogP contribution in [0.5, 0.6) is 0 Å². The van der Waals surface area contributed by atoms with Crippen LogP contribution in [0.2, 0.25) is 0 Å². The third-order valence-electron chi connectivity index (χ3n) is 20.3. The van der Waals surface area contributed by atoms with Crippen molar-refractivity contribution in [2.24, 2.45) is 0 Å². The fraction of sp³-hybridized carbons (Fsp3) is 0. The zero-order chi connectivity index (χ0) is 70.0. The number of aromatic nitrogens is 9. The number of hydrogen-bond donors (Lipinski definition) is 0. The second kappa shape index (κ2) is 25.9. The van der Waals surface area contributed by atoms with Crippen LogP contribution in [0, 0.1) is 0 Å². The second-order valence-electron chi connectivity index (χ2n) is 26.6. The van der Waals surface area contributed by atoms with E-state index in [2.05, 4.69) is 251 Å². The van der Waals surface area contributed by atoms with Crippen molar-refractivity contribution in [3.63, 3.8) is 0 Å². The predicted octanol–water partition coefficient (Wildman–Crippen LogP) is 20.7. The Morgan fingerprint density at radius 2 is 0.585 bits per heavy atom. The van der Waals surface area contributed by atoms with Crippen molar-refractivity contribution in [3.05, 3.63) is 364 Å². The van der Waals surface area contributed by atoms with E-state index < -0.39 is 0 Å². The van der Waals surface area contributed by atoms with Crippen LogP contribution in [0.3, 0.4) is 0 Å². The van der Waals surface area contributed by atoms with Crippen molar-refractivity contribution in [1.29, 1.82) is 0 Å². The molecule has 0 saturated heterocycles. The number of benzene rings is 14. The molecule has 494 valence electrons. The highest BCUT2D eigenvalue weighted by Crippen LogP contribution is 2.47. The summed E-state index contributed by atoms with van der Waals surface area (Å²) in [6, 6.07) is 128. The van der Waals surface area contributed by atoms with E-state index in [4.69, 9.17) is 39.9 Å². The van der Waals surface area contributed by atoms with Crippen LogP contribution in [-0.4, -0.2) is 51.2 Å². The molecule has 12 heteroatoms. The van der Waals surface area contributed by atoms with Crippen molar-refractivity contribution in [3.8, 4) is 119 Å². The van der Waals surface area contributed by atoms with Gasteiger partial charge in [0.15, 0.2) is 40.8 Å². The summed E-state index contributed by atoms with van der Waals surface area (Å²) < 4.78 is 2.36. The van der Waals surface area contributed by atoms with Gasteiger partial charge in [-0.3, -0.25) is 0 Å². The van der Waals surface area contributed by atoms with E-state index in [0.717, 1.165) is 129 Å². The minimum absolute atomic E-state index is 0.0281. The van der Waals surface area contributed by atoms with Crippen molar-refractivity contribution in [1.82, 2.24) is 44.4 Å². The Morgan fingerprint density at radius 3 is 1.10 bits per heavy atom. The van der Waals surface area contributed by atoms with E-state index in [1.54, 1.807) is 0 Å². The van der Waals surface area contributed by atoms with Gasteiger partial charge < -0.3 is 14.4 Å². The lowest BCUT2D eigenvalue weighted by Gasteiger charge is -2.44. The molecule has 0 bridgehead atoms. The van der Waals surface area contributed by atoms with Crippen LogP contribution in [0.4, 0.5) is 34.1 Å². The van der Waals surface area contributed by atoms with Gasteiger partial charge in [-0.25, -0.2) is 39.9 Å². The smallest absolute Gasteiger partial charge is 0.252 e. The molecule has 14 aromatic carbocycles. The molecule has 0 atom stereocenters. The molecule has 0 aliphatic carbocycles. The Hall–Kier alpha value is -14.4. The number of anilines is 6. The van der Waals surface area contributed by atoms with Crippen molar-refractivity contribution >= 4 is 79.0 Å². The summed E-state index contributed by atoms with van der Waals surface area (Å²) in [5, 5.41) is 2.07. The molecule has 0 spiro atoms. The first-order valence-corrected chi connectivity index (χ1v) is 35.6. The van der Waals surface area contributed by atoms with Crippen LogP contribution in [0.25, 0.3) is 141 Å². The molecule has 0 fully saturated rings. The highest BCUT2D eigenvalue weighted by Gasteiger charge is 2.43. The summed E-state index contributed by atoms with van der Waals surface area (Å²) in [6.07, 6.45) is 0. The zero-order valence-corrected chi connectivity index (χ0v) is 57.1. The van der Waals surface area contributed by atoms with E-state index in [1.165, 1.54) is 16.4 Å². The highest BCUT2D eigenvalue weighted by molar-refractivity contribution is 7.00. The van der Waals surface area contributed by atoms with E-state index in [0.29, 0.717) is 46.5 Å². The SMILES string of the molecule is c1ccc(-c2cc(-c3cc(-c4nc(-c5ccccc5)nc(-c5ccccc5)n4)ccc3-n3c4ccccc4c4cc(-c5nc(-c6ccccc6)nc(-c6ccccc6)n5)ccc43)nc(-c3cccc(-c4cc5c6c(c4)N(c4ccccc4)c4ccccc4B6c4ccccc4N5c4ccccc4)c3)n2)cc1. The quantitative estimate of drug-likeness (QED) is 0.103. The highest BCUT2D eigenvalue weighted by atomic mass is 15.2. The maximum absolute atomic E-state index is 5.81. The summed E-state index contributed by atoms with van der Waals surface area (Å²) in [5.41, 5.74) is 24.6. The van der Waals surface area contributed by atoms with Crippen LogP contribution in [-0.2, 0) is 0 Å². The van der Waals surface area contributed by atoms with Gasteiger partial charge in [-0.2, -0.15) is 0 Å². The van der Waals surface area contributed by atoms with E-state index in [9.17, 15) is 0 Å². The number of rotatable bonds is 13. The fourth-order valence-corrected chi connectivity index (χ4v) is 15.4. The standard InChI is InChI=1S/C94H60BN11/c1-8-29-61(30-9-1)78-60-79(97-92(96-78)67-40-28-39-66(55-67)70-58-85-87-86(59-70)105(72-43-20-7-21-44-72)84-50-27-24-47-77(84)95(87)76-46-23-26-49-83(76)104(85)71-41-18-6-19-42-71)75-57-69(94-102-90(64-35-14-4-15-36-64)99-91(103-94)65-37-16-5-17-38-65)52-54-82(75)106-80-48-25-22-45-73(80)74-56-68(51-53-81(74)106)93-100-88(62-31-10-2-11-32-62)98-89(101-93)63-33-12-3-13-34-63/h1-60H. The van der Waals surface area contributed by atoms with Gasteiger partial charge in [-0.15, -0.1) is 0 Å². The molecule has 2 aliphatic heterocycles. The summed E-state index contributed by atoms with van der Waals surface area (Å²) in [4.78, 5) is 47.5. The van der Waals surface area contributed by atoms with Crippen molar-refractivity contribution in [2.75, 3.05) is 9.80 Å². The molecule has 6 heterocycles. The number of hydrogen-bond acceptors (Lipinski definition) is 10. The molecule has 0 radical (unpaired) electrons. The van der Waals surface area contributed by atoms with E-state index in [1.807, 2.05) is 127 Å². The second-order valence-corrected chi connectivity index (χ2v) is 26.6. The van der Waals surface area contributed by atoms with Gasteiger partial charge in [0, 0.05) is 95.0 Å². The molecule has 11 nitrogen and oxygen atoms in total. The van der Waals surface area contributed by atoms with Gasteiger partial charge in [-0.1, -0.05) is 261 Å². The van der Waals surface area contributed by atoms with E-state index in [-0.39, 0.29) is 6.71 Å². The monoisotopic (exact) mass is 1350 g/mol. The Balaban J connectivity index is 0.802. The normalized spacial score (nSPS) is 12.1. The Labute approximate surface area is 612 Å². The minimum Gasteiger partial charge on any atom is -0.311 e. The van der Waals surface area contributed by atoms with Crippen LogP contribution >= 0.6 is 0 Å². The van der Waals surface area contributed by atoms with Crippen molar-refractivity contribution < 1.29 is 0 Å². The van der Waals surface area contributed by atoms with Crippen LogP contribution in [0.15, 0.2) is 364 Å². The van der Waals surface area contributed by atoms with Gasteiger partial charge in [0.25, 0.3) is 6.71 Å². The van der Waals surface area contributed by atoms with Gasteiger partial charge >= 0.3 is 0 Å². The van der Waals surface area contributed by atoms with Crippen LogP contribution < -0.4 is 26.2 Å². The average molecular weight is 1350 g/mol. The largest absolute Gasteiger partial charge is 0.311 e. The number of fused-ring (bicyclic) bond motifs is 7. The molecule has 20 rings (SSSR count). The third-order valence-corrected chi connectivity index (χ3v) is 20.3. The summed E-state index contributed by atoms with van der Waals surface area (Å²) >= 11 is 0. The number of nitrogens with zero attached hydrogens (tertiary/aromatic N) is 11. The molecule has 0 amide bonds. The summed E-state index contributed by atoms with van der Waals surface area (Å²) in [7, 11) is 0. The Morgan fingerprint density at radius 1 is 0.208 bits per heavy atom. The first-order chi connectivity index (χ1) is 52.5. The van der Waals surface area contributed by atoms with Crippen molar-refractivity contribution in [2.45, 2.75) is 0 Å². The molecule has 0 N–H and O–H groups in total. The third kappa shape index (κ3) is 10.9. The lowest BCUT2D eigenvalue weighted by molar-refractivity contribution is 1.07. The Bertz CT molecular complexity index is 6180. The molecule has 106 heavy (non-hydrogen) atoms. The Kier molecular flexibility index (Phi) is 15.0. The first-order valence-electron chi connectivity index (χ1n) is 35.6. The molecule has 2 aliphatic rings. The average Bonchev–Trinajstić information content (AvgIpc) is 0.875. The molecular weight excluding hydrogens is 1290 g/mol. The van der Waals surface area contributed by atoms with Crippen LogP contribution in [0.1, 0.15) is 0 Å². The minimum atomic E-state index is -0.0281. The zero-order valence-electron chi connectivity index (χ0n) is 57.1. The molecule has 0 unspecified atom stereocenters. The van der Waals surface area contributed by atoms with Gasteiger partial charge in [0.1, 0.15) is 0 Å². The molecular formula is C94H60BN11. The maximum atomic E-state index is 5.81. The molecule has 18 aromatic rings. The first kappa shape index (κ1) is 61.5. The molecule has 0 saturated carbocycles. The fourth-order valence-electron chi connectivity index (χ4n) is 15.4. The summed E-state index contributed by atoms with van der Waals surface area (Å²) in [6.45, 7) is -0.0281. The lowest BCUT2D eigenvalue weighted by atomic mass is 9.33. The molecule has 4 aromatic heterocycles. The van der Waals surface area contributed by atoms with E-state index >= 15 is 0 Å². The van der Waals surface area contributed by atoms with Gasteiger partial charge in [0.05, 0.1) is 28.1 Å². The topological polar surface area (TPSA) is 115 Å². The summed E-state index contributed by atoms with van der Waals surface area (Å²) in [5.74, 6) is 3.95. The lowest BCUT2D eigenvalue weighted by Crippen LogP contribution is -2.61. The maximum Gasteiger partial charge on any atom is 0.252 e. The van der Waals surface area contributed by atoms with Gasteiger partial charge in [-0.05, 0) is 131 Å².